The summed E-state index contributed by atoms with van der Waals surface area (Å²) >= 11 is 0. The average Bonchev–Trinajstić information content (AvgIpc) is 2.53. The molecule has 0 fully saturated rings. The third kappa shape index (κ3) is 2.58. The van der Waals surface area contributed by atoms with Gasteiger partial charge in [0.05, 0.1) is 5.92 Å². The molecule has 1 aliphatic rings. The fourth-order valence-corrected chi connectivity index (χ4v) is 2.64. The van der Waals surface area contributed by atoms with Crippen LogP contribution in [-0.2, 0) is 0 Å². The number of hydrogen-bond donors (Lipinski definition) is 4. The molecule has 2 aromatic rings. The lowest BCUT2D eigenvalue weighted by atomic mass is 9.83. The number of phenolic OH excluding ortho intramolecular Hbond substituents is 1. The third-order valence-electron chi connectivity index (χ3n) is 3.67. The number of aromatic hydroxyl groups is 1. The predicted octanol–water partition coefficient (Wildman–Crippen LogP) is 1.01. The Morgan fingerprint density at radius 2 is 2.04 bits per heavy atom. The smallest absolute Gasteiger partial charge is 0.205 e. The van der Waals surface area contributed by atoms with Gasteiger partial charge in [-0.1, -0.05) is 18.2 Å². The van der Waals surface area contributed by atoms with Crippen LogP contribution in [0.15, 0.2) is 53.9 Å². The molecule has 2 atom stereocenters. The molecule has 2 aromatic carbocycles. The number of fused-ring (bicyclic) bond motifs is 1. The molecule has 116 valence electrons. The lowest BCUT2D eigenvalue weighted by molar-refractivity contribution is -0.991. The molecule has 0 spiro atoms. The van der Waals surface area contributed by atoms with E-state index in [9.17, 15) is 15.6 Å². The minimum absolute atomic E-state index is 0.00925. The Kier molecular flexibility index (Phi) is 3.64. The van der Waals surface area contributed by atoms with E-state index in [1.807, 2.05) is 6.07 Å². The maximum absolute atomic E-state index is 11.2. The number of nitrogens with one attached hydrogen (secondary N) is 1. The number of ether oxygens (including phenoxy) is 1. The van der Waals surface area contributed by atoms with Gasteiger partial charge in [-0.3, -0.25) is 0 Å². The number of rotatable bonds is 2. The van der Waals surface area contributed by atoms with Crippen LogP contribution in [0.5, 0.6) is 11.5 Å². The summed E-state index contributed by atoms with van der Waals surface area (Å²) in [6.45, 7) is 0. The van der Waals surface area contributed by atoms with Crippen molar-refractivity contribution in [3.05, 3.63) is 70.3 Å². The van der Waals surface area contributed by atoms with Crippen molar-refractivity contribution in [2.24, 2.45) is 5.73 Å². The number of nitriles is 1. The van der Waals surface area contributed by atoms with Gasteiger partial charge in [-0.15, -0.1) is 0 Å². The number of nitrogens with two attached hydrogens (primary N) is 1. The zero-order valence-electron chi connectivity index (χ0n) is 11.9. The molecule has 1 unspecified atom stereocenters. The first-order valence-corrected chi connectivity index (χ1v) is 6.75. The molecule has 0 bridgehead atoms. The SMILES string of the molecule is N#CC1=C(N)Oc2cc(O)ccc2[C@@H]1c1cccc([NH+]([O-])O)c1. The standard InChI is InChI=1S/C16H13N3O4/c17-8-13-15(9-2-1-3-10(6-9)19(21)22)12-5-4-11(20)7-14(12)23-16(13)18/h1-7,15,19-21H,18H2/t15-/m0/s1. The molecular formula is C16H13N3O4. The first-order valence-electron chi connectivity index (χ1n) is 6.75. The number of nitrogens with zero attached hydrogens (tertiary/aromatic N) is 1. The van der Waals surface area contributed by atoms with Crippen LogP contribution in [0.2, 0.25) is 0 Å². The molecular weight excluding hydrogens is 298 g/mol. The summed E-state index contributed by atoms with van der Waals surface area (Å²) in [7, 11) is 0. The highest BCUT2D eigenvalue weighted by Crippen LogP contribution is 2.43. The van der Waals surface area contributed by atoms with Gasteiger partial charge in [-0.05, 0) is 11.6 Å². The summed E-state index contributed by atoms with van der Waals surface area (Å²) in [5, 5.41) is 38.3. The molecule has 0 amide bonds. The quantitative estimate of drug-likeness (QED) is 0.613. The van der Waals surface area contributed by atoms with E-state index in [1.54, 1.807) is 18.2 Å². The highest BCUT2D eigenvalue weighted by Gasteiger charge is 2.31. The van der Waals surface area contributed by atoms with Crippen LogP contribution < -0.4 is 15.7 Å². The molecule has 0 saturated carbocycles. The topological polar surface area (TPSA) is 127 Å². The fraction of sp³-hybridized carbons (Fsp3) is 0.0625. The number of quaternary nitrogens is 1. The van der Waals surface area contributed by atoms with Crippen LogP contribution in [-0.4, -0.2) is 10.3 Å². The van der Waals surface area contributed by atoms with E-state index < -0.39 is 11.1 Å². The molecule has 3 rings (SSSR count). The van der Waals surface area contributed by atoms with E-state index >= 15 is 0 Å². The van der Waals surface area contributed by atoms with Gasteiger partial charge >= 0.3 is 0 Å². The predicted molar refractivity (Wildman–Crippen MR) is 79.6 cm³/mol. The molecule has 0 saturated heterocycles. The minimum atomic E-state index is -1.06. The van der Waals surface area contributed by atoms with Crippen LogP contribution >= 0.6 is 0 Å². The van der Waals surface area contributed by atoms with E-state index in [4.69, 9.17) is 15.7 Å². The Morgan fingerprint density at radius 3 is 2.74 bits per heavy atom. The van der Waals surface area contributed by atoms with E-state index in [-0.39, 0.29) is 22.9 Å². The van der Waals surface area contributed by atoms with Crippen LogP contribution in [0.1, 0.15) is 17.0 Å². The van der Waals surface area contributed by atoms with E-state index in [0.29, 0.717) is 16.9 Å². The molecule has 5 N–H and O–H groups in total. The van der Waals surface area contributed by atoms with Gasteiger partial charge < -0.3 is 20.8 Å². The zero-order valence-corrected chi connectivity index (χ0v) is 11.9. The van der Waals surface area contributed by atoms with Crippen molar-refractivity contribution in [1.29, 1.82) is 5.26 Å². The summed E-state index contributed by atoms with van der Waals surface area (Å²) in [5.74, 6) is -0.262. The fourth-order valence-electron chi connectivity index (χ4n) is 2.64. The van der Waals surface area contributed by atoms with Crippen molar-refractivity contribution in [2.75, 3.05) is 0 Å². The van der Waals surface area contributed by atoms with Gasteiger partial charge in [0, 0.05) is 23.8 Å². The van der Waals surface area contributed by atoms with E-state index in [2.05, 4.69) is 0 Å². The van der Waals surface area contributed by atoms with Gasteiger partial charge in [0.2, 0.25) is 5.88 Å². The van der Waals surface area contributed by atoms with E-state index in [0.717, 1.165) is 0 Å². The van der Waals surface area contributed by atoms with Crippen molar-refractivity contribution in [3.63, 3.8) is 0 Å². The van der Waals surface area contributed by atoms with Crippen LogP contribution in [0.4, 0.5) is 5.69 Å². The Labute approximate surface area is 131 Å². The molecule has 1 aliphatic heterocycles. The second kappa shape index (κ2) is 5.62. The van der Waals surface area contributed by atoms with E-state index in [1.165, 1.54) is 24.3 Å². The van der Waals surface area contributed by atoms with Crippen molar-refractivity contribution in [2.45, 2.75) is 5.92 Å². The van der Waals surface area contributed by atoms with Crippen LogP contribution in [0, 0.1) is 16.5 Å². The van der Waals surface area contributed by atoms with Crippen molar-refractivity contribution >= 4 is 5.69 Å². The molecule has 0 radical (unpaired) electrons. The number of benzene rings is 2. The lowest BCUT2D eigenvalue weighted by Gasteiger charge is -2.26. The maximum atomic E-state index is 11.2. The third-order valence-corrected chi connectivity index (χ3v) is 3.67. The first-order chi connectivity index (χ1) is 11.0. The maximum Gasteiger partial charge on any atom is 0.205 e. The van der Waals surface area contributed by atoms with Crippen LogP contribution in [0.3, 0.4) is 0 Å². The highest BCUT2D eigenvalue weighted by molar-refractivity contribution is 5.58. The molecule has 7 heteroatoms. The Hall–Kier alpha value is -3.05. The van der Waals surface area contributed by atoms with Crippen molar-refractivity contribution in [1.82, 2.24) is 0 Å². The summed E-state index contributed by atoms with van der Waals surface area (Å²) in [5.41, 5.74) is 7.38. The Bertz CT molecular complexity index is 839. The monoisotopic (exact) mass is 311 g/mol. The number of phenols is 1. The summed E-state index contributed by atoms with van der Waals surface area (Å²) in [4.78, 5) is 0. The zero-order chi connectivity index (χ0) is 16.6. The summed E-state index contributed by atoms with van der Waals surface area (Å²) < 4.78 is 5.40. The minimum Gasteiger partial charge on any atom is -0.595 e. The lowest BCUT2D eigenvalue weighted by Crippen LogP contribution is -2.99. The summed E-state index contributed by atoms with van der Waals surface area (Å²) in [6.07, 6.45) is 0. The first kappa shape index (κ1) is 14.9. The van der Waals surface area contributed by atoms with Gasteiger partial charge in [0.25, 0.3) is 0 Å². The highest BCUT2D eigenvalue weighted by atomic mass is 16.8. The molecule has 0 aliphatic carbocycles. The van der Waals surface area contributed by atoms with Gasteiger partial charge in [-0.2, -0.15) is 10.5 Å². The largest absolute Gasteiger partial charge is 0.595 e. The second-order valence-electron chi connectivity index (χ2n) is 5.08. The molecule has 0 aromatic heterocycles. The van der Waals surface area contributed by atoms with Crippen molar-refractivity contribution in [3.8, 4) is 17.6 Å². The molecule has 7 nitrogen and oxygen atoms in total. The van der Waals surface area contributed by atoms with Crippen LogP contribution in [0.25, 0.3) is 0 Å². The second-order valence-corrected chi connectivity index (χ2v) is 5.08. The summed E-state index contributed by atoms with van der Waals surface area (Å²) in [6, 6.07) is 12.9. The number of allylic oxidation sites excluding steroid dienone is 1. The number of hydrogen-bond acceptors (Lipinski definition) is 6. The Balaban J connectivity index is 2.20. The normalized spacial score (nSPS) is 17.9. The molecule has 23 heavy (non-hydrogen) atoms. The Morgan fingerprint density at radius 1 is 1.26 bits per heavy atom. The van der Waals surface area contributed by atoms with Gasteiger partial charge in [0.15, 0.2) is 5.69 Å². The van der Waals surface area contributed by atoms with Crippen molar-refractivity contribution < 1.29 is 20.3 Å². The van der Waals surface area contributed by atoms with Gasteiger partial charge in [0.1, 0.15) is 23.1 Å². The average molecular weight is 311 g/mol. The van der Waals surface area contributed by atoms with Gasteiger partial charge in [-0.25, -0.2) is 5.21 Å². The molecule has 1 heterocycles.